The number of rotatable bonds is 8. The van der Waals surface area contributed by atoms with Gasteiger partial charge in [-0.05, 0) is 283 Å². The standard InChI is InChI=1S/C24H14BrNO.C19H11BrO.C18H19BO3.C18H10BrNO3.C18H15P.C12H7BrO.C6H3Br2NO2.C6H5I/c25-19-10-6-11-20-22(19)18-14-13-17-16-9-4-5-12-21(16)27-24(17)23(18)26(20)15-7-2-1-3-8-15;20-16-6-3-4-11-10-15-13(18(11)16)8-9-14-12-5-1-2-7-17(12)21-19(14)15;1-17(2)18(3,4)22-19(21-17)12-9-10-14-13-7-5-6-8-15(13)20-16(14)11-12;19-14-5-3-6-15(20(21)22)18(14)11-8-9-13-12-4-1-2-7-16(12)23-17(13)10-11;1-4-10-16(11-5-1)19(17-12-6-2-7-13-17)18-14-8-3-9-15-18;13-8-5-6-10-9-3-1-2-4-11(9)14-12(10)7-8;7-4-2-1-3-5(6(4)8)9(10)11;7-6-4-2-1-3-5-6/h1-14H;1-9H,10H2;5-11H,1-4H3;1-10H;1-15H;1-7H;1-3H;1-5H. The number of hydrogen-bond donors (Lipinski definition) is 0. The number of nitrogens with zero attached hydrogens (tertiary/aromatic N) is 3. The van der Waals surface area contributed by atoms with Gasteiger partial charge >= 0.3 is 7.12 Å². The van der Waals surface area contributed by atoms with Crippen molar-refractivity contribution >= 4 is 297 Å². The zero-order valence-corrected chi connectivity index (χ0v) is 90.2. The van der Waals surface area contributed by atoms with Crippen LogP contribution in [0.25, 0.3) is 159 Å². The van der Waals surface area contributed by atoms with Crippen molar-refractivity contribution in [3.05, 3.63) is 486 Å². The van der Waals surface area contributed by atoms with Gasteiger partial charge in [-0.3, -0.25) is 20.2 Å². The quantitative estimate of drug-likeness (QED) is 0.0465. The molecule has 14 nitrogen and oxygen atoms in total. The van der Waals surface area contributed by atoms with Crippen LogP contribution < -0.4 is 21.4 Å². The Morgan fingerprint density at radius 1 is 0.340 bits per heavy atom. The Morgan fingerprint density at radius 2 is 0.729 bits per heavy atom. The molecule has 0 saturated carbocycles. The van der Waals surface area contributed by atoms with Crippen LogP contribution in [0, 0.1) is 23.8 Å². The largest absolute Gasteiger partial charge is 0.494 e. The number of fused-ring (bicyclic) bond motifs is 23. The van der Waals surface area contributed by atoms with Gasteiger partial charge in [0.15, 0.2) is 5.58 Å². The summed E-state index contributed by atoms with van der Waals surface area (Å²) in [7, 11) is -0.805. The first-order valence-electron chi connectivity index (χ1n) is 46.2. The van der Waals surface area contributed by atoms with Crippen molar-refractivity contribution in [2.24, 2.45) is 0 Å². The van der Waals surface area contributed by atoms with Gasteiger partial charge in [0.25, 0.3) is 11.4 Å². The van der Waals surface area contributed by atoms with Crippen LogP contribution in [0.4, 0.5) is 11.4 Å². The highest BCUT2D eigenvalue weighted by molar-refractivity contribution is 14.1. The summed E-state index contributed by atoms with van der Waals surface area (Å²) in [5.41, 5.74) is 19.5. The van der Waals surface area contributed by atoms with Crippen molar-refractivity contribution in [2.75, 3.05) is 0 Å². The summed E-state index contributed by atoms with van der Waals surface area (Å²) in [6.45, 7) is 8.25. The highest BCUT2D eigenvalue weighted by Crippen LogP contribution is 2.49. The van der Waals surface area contributed by atoms with Crippen molar-refractivity contribution in [1.29, 1.82) is 0 Å². The lowest BCUT2D eigenvalue weighted by Gasteiger charge is -2.32. The molecule has 1 fully saturated rings. The fraction of sp³-hybridized carbons (Fsp3) is 0.0579. The Morgan fingerprint density at radius 3 is 1.24 bits per heavy atom. The third-order valence-electron chi connectivity index (χ3n) is 25.7. The number of para-hydroxylation sites is 6. The molecular formula is C121H84BBr6IN3O11P. The molecule has 2 aliphatic rings. The van der Waals surface area contributed by atoms with Crippen molar-refractivity contribution in [3.8, 4) is 27.9 Å². The molecule has 0 amide bonds. The molecule has 27 rings (SSSR count). The summed E-state index contributed by atoms with van der Waals surface area (Å²) in [5.74, 6) is 0. The first-order valence-corrected chi connectivity index (χ1v) is 53.4. The van der Waals surface area contributed by atoms with E-state index in [-0.39, 0.29) is 34.6 Å². The second-order valence-electron chi connectivity index (χ2n) is 35.1. The van der Waals surface area contributed by atoms with Crippen LogP contribution in [0.3, 0.4) is 0 Å². The molecule has 1 aliphatic heterocycles. The smallest absolute Gasteiger partial charge is 0.456 e. The fourth-order valence-electron chi connectivity index (χ4n) is 18.2. The lowest BCUT2D eigenvalue weighted by atomic mass is 9.79. The highest BCUT2D eigenvalue weighted by Gasteiger charge is 2.52. The average Bonchev–Trinajstić information content (AvgIpc) is 1.55. The van der Waals surface area contributed by atoms with Crippen molar-refractivity contribution in [1.82, 2.24) is 4.57 Å². The summed E-state index contributed by atoms with van der Waals surface area (Å²) in [6.07, 6.45) is 0.946. The van der Waals surface area contributed by atoms with Gasteiger partial charge in [0.2, 0.25) is 0 Å². The van der Waals surface area contributed by atoms with Gasteiger partial charge in [-0.15, -0.1) is 0 Å². The Bertz CT molecular complexity index is 8990. The van der Waals surface area contributed by atoms with Gasteiger partial charge < -0.3 is 36.0 Å². The molecule has 6 aromatic heterocycles. The second-order valence-corrected chi connectivity index (χ2v) is 43.7. The van der Waals surface area contributed by atoms with E-state index in [9.17, 15) is 20.2 Å². The summed E-state index contributed by atoms with van der Waals surface area (Å²) in [6, 6.07) is 143. The van der Waals surface area contributed by atoms with Gasteiger partial charge in [0.1, 0.15) is 54.7 Å². The molecule has 0 radical (unpaired) electrons. The molecule has 0 N–H and O–H groups in total. The van der Waals surface area contributed by atoms with E-state index < -0.39 is 12.8 Å². The minimum absolute atomic E-state index is 0.0647. The van der Waals surface area contributed by atoms with E-state index in [1.807, 2.05) is 146 Å². The predicted octanol–water partition coefficient (Wildman–Crippen LogP) is 36.4. The molecule has 19 aromatic carbocycles. The minimum atomic E-state index is -0.446. The highest BCUT2D eigenvalue weighted by atomic mass is 127. The number of halogens is 7. The molecule has 23 heteroatoms. The zero-order chi connectivity index (χ0) is 99.4. The predicted molar refractivity (Wildman–Crippen MR) is 623 cm³/mol. The lowest BCUT2D eigenvalue weighted by Crippen LogP contribution is -2.41. The minimum Gasteiger partial charge on any atom is -0.456 e. The van der Waals surface area contributed by atoms with Gasteiger partial charge in [0.05, 0.1) is 37.6 Å². The molecule has 7 heterocycles. The average molecular weight is 2400 g/mol. The first kappa shape index (κ1) is 98.2. The number of benzene rings is 19. The molecule has 0 spiro atoms. The topological polar surface area (TPSA) is 175 Å². The molecule has 144 heavy (non-hydrogen) atoms. The van der Waals surface area contributed by atoms with Crippen LogP contribution >= 0.6 is 126 Å². The number of furan rings is 5. The van der Waals surface area contributed by atoms with E-state index in [4.69, 9.17) is 31.4 Å². The lowest BCUT2D eigenvalue weighted by molar-refractivity contribution is -0.385. The first-order chi connectivity index (χ1) is 70.0. The molecule has 0 unspecified atom stereocenters. The number of hydrogen-bond acceptors (Lipinski definition) is 11. The Balaban J connectivity index is 0.000000103. The third kappa shape index (κ3) is 20.3. The van der Waals surface area contributed by atoms with Crippen LogP contribution in [0.15, 0.2) is 474 Å². The van der Waals surface area contributed by atoms with Gasteiger partial charge in [0, 0.05) is 120 Å². The molecule has 0 atom stereocenters. The van der Waals surface area contributed by atoms with Crippen molar-refractivity contribution < 1.29 is 41.2 Å². The summed E-state index contributed by atoms with van der Waals surface area (Å²) < 4.78 is 51.0. The van der Waals surface area contributed by atoms with Crippen LogP contribution in [-0.2, 0) is 15.7 Å². The molecule has 1 saturated heterocycles. The summed E-state index contributed by atoms with van der Waals surface area (Å²) in [4.78, 5) is 20.8. The second kappa shape index (κ2) is 43.0. The monoisotopic (exact) mass is 2400 g/mol. The summed E-state index contributed by atoms with van der Waals surface area (Å²) >= 11 is 22.8. The number of nitro groups is 2. The van der Waals surface area contributed by atoms with Crippen molar-refractivity contribution in [3.63, 3.8) is 0 Å². The van der Waals surface area contributed by atoms with Crippen LogP contribution in [0.5, 0.6) is 0 Å². The molecule has 0 bridgehead atoms. The van der Waals surface area contributed by atoms with Gasteiger partial charge in [-0.2, -0.15) is 0 Å². The van der Waals surface area contributed by atoms with Crippen LogP contribution in [-0.4, -0.2) is 32.7 Å². The third-order valence-corrected chi connectivity index (χ3v) is 33.3. The van der Waals surface area contributed by atoms with Crippen LogP contribution in [0.2, 0.25) is 0 Å². The van der Waals surface area contributed by atoms with Crippen molar-refractivity contribution in [2.45, 2.75) is 45.3 Å². The van der Waals surface area contributed by atoms with E-state index >= 15 is 0 Å². The van der Waals surface area contributed by atoms with E-state index in [1.54, 1.807) is 24.3 Å². The molecule has 25 aromatic rings. The molecule has 706 valence electrons. The maximum atomic E-state index is 11.3. The fourth-order valence-corrected chi connectivity index (χ4v) is 23.8. The van der Waals surface area contributed by atoms with E-state index in [2.05, 4.69) is 393 Å². The Hall–Kier alpha value is -13.2. The number of aromatic nitrogens is 1. The van der Waals surface area contributed by atoms with E-state index in [0.29, 0.717) is 24.6 Å². The van der Waals surface area contributed by atoms with Crippen LogP contribution in [0.1, 0.15) is 38.8 Å². The zero-order valence-electron chi connectivity index (χ0n) is 77.6. The van der Waals surface area contributed by atoms with E-state index in [0.717, 1.165) is 125 Å². The maximum Gasteiger partial charge on any atom is 0.494 e. The summed E-state index contributed by atoms with van der Waals surface area (Å²) in [5, 5.41) is 39.6. The Labute approximate surface area is 894 Å². The molecular weight excluding hydrogens is 2320 g/mol. The SMILES string of the molecule is Brc1ccc2c(c1)oc1ccccc12.Brc1cccc2c1-c1ccc3c(oc4ccccc43)c1C2.Brc1cccc2c1c1ccc3c4ccccc4oc3c1n2-c1ccccc1.CC1(C)OB(c2ccc3c(c2)oc2ccccc23)OC1(C)C.Ic1ccccc1.O=[N+]([O-])c1cccc(Br)c1-c1ccc2c(c1)oc1ccccc12.O=[N+]([O-])c1cccc(Br)c1Br.c1ccc(P(c2ccccc2)c2ccccc2)cc1. The normalized spacial score (nSPS) is 12.6. The Kier molecular flexibility index (Phi) is 29.3. The van der Waals surface area contributed by atoms with E-state index in [1.165, 1.54) is 91.7 Å². The maximum absolute atomic E-state index is 11.3. The van der Waals surface area contributed by atoms with Gasteiger partial charge in [-0.1, -0.05) is 327 Å². The number of nitro benzene ring substituents is 2. The molecule has 1 aliphatic carbocycles. The van der Waals surface area contributed by atoms with Gasteiger partial charge in [-0.25, -0.2) is 0 Å².